The van der Waals surface area contributed by atoms with Crippen LogP contribution in [0.1, 0.15) is 13.8 Å². The van der Waals surface area contributed by atoms with Crippen LogP contribution in [0.5, 0.6) is 0 Å². The highest BCUT2D eigenvalue weighted by atomic mass is 79.9. The van der Waals surface area contributed by atoms with E-state index in [0.29, 0.717) is 6.61 Å². The lowest BCUT2D eigenvalue weighted by Crippen LogP contribution is -2.46. The summed E-state index contributed by atoms with van der Waals surface area (Å²) in [7, 11) is 0. The molecule has 1 unspecified atom stereocenters. The number of morpholine rings is 1. The van der Waals surface area contributed by atoms with Crippen LogP contribution in [0.25, 0.3) is 0 Å². The Morgan fingerprint density at radius 1 is 1.64 bits per heavy atom. The molecule has 1 aliphatic heterocycles. The Balaban J connectivity index is 2.42. The first-order valence-corrected chi connectivity index (χ1v) is 5.99. The molecule has 80 valence electrons. The van der Waals surface area contributed by atoms with Crippen LogP contribution in [0.4, 0.5) is 0 Å². The maximum atomic E-state index is 8.75. The highest BCUT2D eigenvalue weighted by molar-refractivity contribution is 9.09. The number of rotatable bonds is 3. The first-order valence-electron chi connectivity index (χ1n) is 4.87. The minimum atomic E-state index is -0.241. The van der Waals surface area contributed by atoms with Gasteiger partial charge in [0, 0.05) is 25.0 Å². The molecule has 0 aromatic carbocycles. The average Bonchev–Trinajstić information content (AvgIpc) is 2.17. The fraction of sp³-hybridized carbons (Fsp3) is 0.900. The molecule has 1 fully saturated rings. The number of alkyl halides is 1. The van der Waals surface area contributed by atoms with Crippen LogP contribution in [0.15, 0.2) is 0 Å². The Hall–Kier alpha value is -0.110. The van der Waals surface area contributed by atoms with Crippen molar-refractivity contribution in [3.63, 3.8) is 0 Å². The van der Waals surface area contributed by atoms with Crippen LogP contribution in [-0.4, -0.2) is 42.6 Å². The zero-order valence-corrected chi connectivity index (χ0v) is 10.4. The average molecular weight is 261 g/mol. The lowest BCUT2D eigenvalue weighted by atomic mass is 9.95. The van der Waals surface area contributed by atoms with Crippen molar-refractivity contribution in [2.75, 3.05) is 31.6 Å². The highest BCUT2D eigenvalue weighted by Gasteiger charge is 2.25. The predicted octanol–water partition coefficient (Wildman–Crippen LogP) is 1.63. The van der Waals surface area contributed by atoms with Crippen LogP contribution in [0.2, 0.25) is 0 Å². The van der Waals surface area contributed by atoms with Crippen LogP contribution in [-0.2, 0) is 4.74 Å². The van der Waals surface area contributed by atoms with Crippen LogP contribution in [0.3, 0.4) is 0 Å². The lowest BCUT2D eigenvalue weighted by molar-refractivity contribution is -0.00982. The summed E-state index contributed by atoms with van der Waals surface area (Å²) in [5.41, 5.74) is 0.261. The largest absolute Gasteiger partial charge is 0.361 e. The summed E-state index contributed by atoms with van der Waals surface area (Å²) in [6.45, 7) is 7.81. The van der Waals surface area contributed by atoms with Gasteiger partial charge in [-0.05, 0) is 5.41 Å². The fourth-order valence-corrected chi connectivity index (χ4v) is 1.75. The molecule has 1 aliphatic rings. The van der Waals surface area contributed by atoms with Gasteiger partial charge in [0.05, 0.1) is 12.7 Å². The molecule has 4 heteroatoms. The third-order valence-corrected chi connectivity index (χ3v) is 3.83. The topological polar surface area (TPSA) is 36.3 Å². The van der Waals surface area contributed by atoms with Crippen LogP contribution in [0, 0.1) is 16.7 Å². The standard InChI is InChI=1S/C10H17BrN2O/c1-10(2,7-11)8-13-3-4-14-9(5-12)6-13/h9H,3-4,6-8H2,1-2H3. The zero-order chi connectivity index (χ0) is 10.6. The molecule has 14 heavy (non-hydrogen) atoms. The molecule has 0 aromatic heterocycles. The zero-order valence-electron chi connectivity index (χ0n) is 8.79. The number of nitrogens with zero attached hydrogens (tertiary/aromatic N) is 2. The molecule has 0 amide bonds. The minimum absolute atomic E-state index is 0.241. The molecule has 0 aromatic rings. The van der Waals surface area contributed by atoms with E-state index in [0.717, 1.165) is 25.0 Å². The molecule has 0 spiro atoms. The van der Waals surface area contributed by atoms with Crippen molar-refractivity contribution < 1.29 is 4.74 Å². The molecule has 1 heterocycles. The van der Waals surface area contributed by atoms with Gasteiger partial charge in [-0.3, -0.25) is 4.90 Å². The SMILES string of the molecule is CC(C)(CBr)CN1CCOC(C#N)C1. The summed E-state index contributed by atoms with van der Waals surface area (Å²) in [6, 6.07) is 2.16. The van der Waals surface area contributed by atoms with Gasteiger partial charge in [-0.15, -0.1) is 0 Å². The van der Waals surface area contributed by atoms with E-state index in [4.69, 9.17) is 10.00 Å². The Morgan fingerprint density at radius 2 is 2.36 bits per heavy atom. The monoisotopic (exact) mass is 260 g/mol. The summed E-state index contributed by atoms with van der Waals surface area (Å²) in [5.74, 6) is 0. The van der Waals surface area contributed by atoms with Gasteiger partial charge in [0.15, 0.2) is 6.10 Å². The van der Waals surface area contributed by atoms with E-state index in [-0.39, 0.29) is 11.5 Å². The van der Waals surface area contributed by atoms with E-state index >= 15 is 0 Å². The first kappa shape index (κ1) is 12.0. The van der Waals surface area contributed by atoms with Crippen molar-refractivity contribution in [3.05, 3.63) is 0 Å². The van der Waals surface area contributed by atoms with E-state index in [1.807, 2.05) is 0 Å². The van der Waals surface area contributed by atoms with Crippen molar-refractivity contribution in [2.45, 2.75) is 20.0 Å². The van der Waals surface area contributed by atoms with Gasteiger partial charge in [0.1, 0.15) is 0 Å². The molecule has 0 saturated carbocycles. The maximum absolute atomic E-state index is 8.75. The van der Waals surface area contributed by atoms with Gasteiger partial charge < -0.3 is 4.74 Å². The summed E-state index contributed by atoms with van der Waals surface area (Å²) in [4.78, 5) is 2.30. The number of hydrogen-bond acceptors (Lipinski definition) is 3. The quantitative estimate of drug-likeness (QED) is 0.724. The van der Waals surface area contributed by atoms with Crippen molar-refractivity contribution >= 4 is 15.9 Å². The summed E-state index contributed by atoms with van der Waals surface area (Å²) in [5, 5.41) is 9.73. The van der Waals surface area contributed by atoms with E-state index in [2.05, 4.69) is 40.7 Å². The van der Waals surface area contributed by atoms with Gasteiger partial charge in [-0.25, -0.2) is 0 Å². The van der Waals surface area contributed by atoms with E-state index in [1.165, 1.54) is 0 Å². The third kappa shape index (κ3) is 3.56. The molecule has 0 radical (unpaired) electrons. The van der Waals surface area contributed by atoms with E-state index < -0.39 is 0 Å². The number of hydrogen-bond donors (Lipinski definition) is 0. The molecule has 1 rings (SSSR count). The Morgan fingerprint density at radius 3 is 2.93 bits per heavy atom. The van der Waals surface area contributed by atoms with Crippen molar-refractivity contribution in [1.82, 2.24) is 4.90 Å². The fourth-order valence-electron chi connectivity index (χ4n) is 1.57. The molecule has 1 saturated heterocycles. The highest BCUT2D eigenvalue weighted by Crippen LogP contribution is 2.20. The number of nitriles is 1. The summed E-state index contributed by atoms with van der Waals surface area (Å²) in [6.07, 6.45) is -0.241. The van der Waals surface area contributed by atoms with Gasteiger partial charge >= 0.3 is 0 Å². The second-order valence-electron chi connectivity index (χ2n) is 4.52. The second-order valence-corrected chi connectivity index (χ2v) is 5.08. The number of ether oxygens (including phenoxy) is 1. The number of halogens is 1. The second kappa shape index (κ2) is 5.11. The minimum Gasteiger partial charge on any atom is -0.361 e. The maximum Gasteiger partial charge on any atom is 0.156 e. The normalized spacial score (nSPS) is 24.6. The smallest absolute Gasteiger partial charge is 0.156 e. The molecule has 0 N–H and O–H groups in total. The molecule has 0 aliphatic carbocycles. The molecular weight excluding hydrogens is 244 g/mol. The van der Waals surface area contributed by atoms with Crippen LogP contribution < -0.4 is 0 Å². The van der Waals surface area contributed by atoms with Crippen molar-refractivity contribution in [1.29, 1.82) is 5.26 Å². The van der Waals surface area contributed by atoms with Crippen molar-refractivity contribution in [3.8, 4) is 6.07 Å². The van der Waals surface area contributed by atoms with Gasteiger partial charge in [-0.2, -0.15) is 5.26 Å². The van der Waals surface area contributed by atoms with Gasteiger partial charge in [0.25, 0.3) is 0 Å². The molecular formula is C10H17BrN2O. The van der Waals surface area contributed by atoms with Crippen LogP contribution >= 0.6 is 15.9 Å². The summed E-state index contributed by atoms with van der Waals surface area (Å²) >= 11 is 3.51. The molecule has 3 nitrogen and oxygen atoms in total. The predicted molar refractivity (Wildman–Crippen MR) is 59.4 cm³/mol. The Kier molecular flexibility index (Phi) is 4.36. The first-order chi connectivity index (χ1) is 6.57. The lowest BCUT2D eigenvalue weighted by Gasteiger charge is -2.35. The Bertz CT molecular complexity index is 225. The molecule has 0 bridgehead atoms. The summed E-state index contributed by atoms with van der Waals surface area (Å²) < 4.78 is 5.29. The third-order valence-electron chi connectivity index (χ3n) is 2.31. The Labute approximate surface area is 94.2 Å². The molecule has 1 atom stereocenters. The van der Waals surface area contributed by atoms with Crippen molar-refractivity contribution in [2.24, 2.45) is 5.41 Å². The van der Waals surface area contributed by atoms with E-state index in [9.17, 15) is 0 Å². The van der Waals surface area contributed by atoms with E-state index in [1.54, 1.807) is 0 Å². The van der Waals surface area contributed by atoms with Gasteiger partial charge in [0.2, 0.25) is 0 Å². The van der Waals surface area contributed by atoms with Gasteiger partial charge in [-0.1, -0.05) is 29.8 Å².